The molecule has 0 atom stereocenters. The van der Waals surface area contributed by atoms with E-state index in [0.717, 1.165) is 4.88 Å². The molecule has 0 aliphatic rings. The lowest BCUT2D eigenvalue weighted by molar-refractivity contribution is -0.145. The number of carbonyl (C=O) groups is 2. The summed E-state index contributed by atoms with van der Waals surface area (Å²) in [6.07, 6.45) is 2.87. The van der Waals surface area contributed by atoms with Gasteiger partial charge in [-0.05, 0) is 32.1 Å². The van der Waals surface area contributed by atoms with E-state index in [0.29, 0.717) is 4.34 Å². The van der Waals surface area contributed by atoms with E-state index < -0.39 is 17.4 Å². The van der Waals surface area contributed by atoms with Gasteiger partial charge in [-0.2, -0.15) is 0 Å². The summed E-state index contributed by atoms with van der Waals surface area (Å²) >= 11 is 7.07. The number of halogens is 1. The van der Waals surface area contributed by atoms with E-state index in [-0.39, 0.29) is 0 Å². The van der Waals surface area contributed by atoms with Crippen molar-refractivity contribution in [1.29, 1.82) is 0 Å². The molecular weight excluding hydrogens is 262 g/mol. The first-order valence-electron chi connectivity index (χ1n) is 4.80. The van der Waals surface area contributed by atoms with E-state index in [1.165, 1.54) is 31.3 Å². The lowest BCUT2D eigenvalue weighted by Gasteiger charge is -2.19. The number of aliphatic carboxylic acids is 1. The van der Waals surface area contributed by atoms with E-state index in [2.05, 4.69) is 5.32 Å². The molecule has 0 saturated carbocycles. The normalized spacial score (nSPS) is 11.7. The highest BCUT2D eigenvalue weighted by Crippen LogP contribution is 2.22. The minimum atomic E-state index is -1.28. The van der Waals surface area contributed by atoms with Gasteiger partial charge in [0.1, 0.15) is 5.54 Å². The van der Waals surface area contributed by atoms with E-state index >= 15 is 0 Å². The van der Waals surface area contributed by atoms with Crippen molar-refractivity contribution in [3.63, 3.8) is 0 Å². The minimum absolute atomic E-state index is 0.457. The van der Waals surface area contributed by atoms with Crippen LogP contribution in [-0.4, -0.2) is 22.5 Å². The largest absolute Gasteiger partial charge is 0.480 e. The second-order valence-electron chi connectivity index (χ2n) is 3.89. The Morgan fingerprint density at radius 1 is 1.47 bits per heavy atom. The van der Waals surface area contributed by atoms with E-state index in [1.807, 2.05) is 0 Å². The molecular formula is C11H12ClNO3S. The molecule has 0 spiro atoms. The molecule has 1 aromatic heterocycles. The predicted molar refractivity (Wildman–Crippen MR) is 68.2 cm³/mol. The maximum absolute atomic E-state index is 11.5. The Morgan fingerprint density at radius 3 is 2.59 bits per heavy atom. The van der Waals surface area contributed by atoms with Gasteiger partial charge in [-0.1, -0.05) is 11.6 Å². The number of thiophene rings is 1. The molecule has 0 radical (unpaired) electrons. The van der Waals surface area contributed by atoms with Crippen LogP contribution in [0.25, 0.3) is 6.08 Å². The van der Waals surface area contributed by atoms with Crippen molar-refractivity contribution >= 4 is 40.9 Å². The average Bonchev–Trinajstić information content (AvgIpc) is 2.60. The first-order chi connectivity index (χ1) is 7.81. The molecule has 0 aliphatic carbocycles. The second-order valence-corrected chi connectivity index (χ2v) is 5.64. The molecule has 0 unspecified atom stereocenters. The van der Waals surface area contributed by atoms with Crippen LogP contribution in [0.5, 0.6) is 0 Å². The molecule has 0 aliphatic heterocycles. The molecule has 0 saturated heterocycles. The Bertz CT molecular complexity index is 465. The summed E-state index contributed by atoms with van der Waals surface area (Å²) in [5, 5.41) is 11.2. The van der Waals surface area contributed by atoms with Crippen LogP contribution < -0.4 is 5.32 Å². The van der Waals surface area contributed by atoms with Crippen molar-refractivity contribution in [3.8, 4) is 0 Å². The molecule has 2 N–H and O–H groups in total. The van der Waals surface area contributed by atoms with Crippen molar-refractivity contribution in [2.45, 2.75) is 19.4 Å². The van der Waals surface area contributed by atoms with Crippen molar-refractivity contribution in [3.05, 3.63) is 27.4 Å². The second kappa shape index (κ2) is 5.33. The van der Waals surface area contributed by atoms with Crippen LogP contribution in [0.4, 0.5) is 0 Å². The standard InChI is InChI=1S/C11H12ClNO3S/c1-11(2,10(15)16)13-9(14)6-4-7-3-5-8(12)17-7/h3-6H,1-2H3,(H,13,14)(H,15,16)/b6-4+. The molecule has 1 amide bonds. The molecule has 0 fully saturated rings. The van der Waals surface area contributed by atoms with E-state index in [1.54, 1.807) is 18.2 Å². The van der Waals surface area contributed by atoms with Gasteiger partial charge in [0.05, 0.1) is 4.34 Å². The average molecular weight is 274 g/mol. The summed E-state index contributed by atoms with van der Waals surface area (Å²) in [6, 6.07) is 3.50. The number of rotatable bonds is 4. The summed E-state index contributed by atoms with van der Waals surface area (Å²) in [6.45, 7) is 2.84. The first kappa shape index (κ1) is 13.7. The fourth-order valence-electron chi connectivity index (χ4n) is 0.979. The summed E-state index contributed by atoms with van der Waals surface area (Å²) in [7, 11) is 0. The number of amides is 1. The van der Waals surface area contributed by atoms with Gasteiger partial charge >= 0.3 is 5.97 Å². The van der Waals surface area contributed by atoms with Gasteiger partial charge in [0.2, 0.25) is 5.91 Å². The zero-order valence-corrected chi connectivity index (χ0v) is 10.9. The smallest absolute Gasteiger partial charge is 0.328 e. The third kappa shape index (κ3) is 4.20. The van der Waals surface area contributed by atoms with Crippen LogP contribution in [0, 0.1) is 0 Å². The summed E-state index contributed by atoms with van der Waals surface area (Å²) < 4.78 is 0.635. The Kier molecular flexibility index (Phi) is 4.31. The quantitative estimate of drug-likeness (QED) is 0.828. The lowest BCUT2D eigenvalue weighted by Crippen LogP contribution is -2.49. The molecule has 1 aromatic rings. The highest BCUT2D eigenvalue weighted by molar-refractivity contribution is 7.17. The van der Waals surface area contributed by atoms with Gasteiger partial charge in [-0.25, -0.2) is 4.79 Å². The molecule has 1 heterocycles. The van der Waals surface area contributed by atoms with Gasteiger partial charge in [-0.3, -0.25) is 4.79 Å². The van der Waals surface area contributed by atoms with Crippen LogP contribution in [0.1, 0.15) is 18.7 Å². The van der Waals surface area contributed by atoms with Crippen LogP contribution in [-0.2, 0) is 9.59 Å². The van der Waals surface area contributed by atoms with Gasteiger partial charge < -0.3 is 10.4 Å². The van der Waals surface area contributed by atoms with Gasteiger partial charge in [-0.15, -0.1) is 11.3 Å². The molecule has 17 heavy (non-hydrogen) atoms. The van der Waals surface area contributed by atoms with Gasteiger partial charge in [0.25, 0.3) is 0 Å². The third-order valence-corrected chi connectivity index (χ3v) is 3.16. The number of carboxylic acid groups (broad SMARTS) is 1. The summed E-state index contributed by atoms with van der Waals surface area (Å²) in [5.74, 6) is -1.54. The maximum Gasteiger partial charge on any atom is 0.328 e. The maximum atomic E-state index is 11.5. The number of carbonyl (C=O) groups excluding carboxylic acids is 1. The predicted octanol–water partition coefficient (Wildman–Crippen LogP) is 2.39. The van der Waals surface area contributed by atoms with Crippen LogP contribution >= 0.6 is 22.9 Å². The molecule has 0 aromatic carbocycles. The Balaban J connectivity index is 2.61. The Morgan fingerprint density at radius 2 is 2.12 bits per heavy atom. The van der Waals surface area contributed by atoms with Crippen molar-refractivity contribution in [2.75, 3.05) is 0 Å². The minimum Gasteiger partial charge on any atom is -0.480 e. The molecule has 6 heteroatoms. The highest BCUT2D eigenvalue weighted by atomic mass is 35.5. The topological polar surface area (TPSA) is 66.4 Å². The number of hydrogen-bond donors (Lipinski definition) is 2. The van der Waals surface area contributed by atoms with Crippen molar-refractivity contribution < 1.29 is 14.7 Å². The fraction of sp³-hybridized carbons (Fsp3) is 0.273. The zero-order chi connectivity index (χ0) is 13.1. The van der Waals surface area contributed by atoms with E-state index in [4.69, 9.17) is 16.7 Å². The van der Waals surface area contributed by atoms with Crippen LogP contribution in [0.2, 0.25) is 4.34 Å². The highest BCUT2D eigenvalue weighted by Gasteiger charge is 2.27. The monoisotopic (exact) mass is 273 g/mol. The van der Waals surface area contributed by atoms with Crippen LogP contribution in [0.3, 0.4) is 0 Å². The Labute approximate surface area is 108 Å². The Hall–Kier alpha value is -1.33. The molecule has 4 nitrogen and oxygen atoms in total. The molecule has 92 valence electrons. The molecule has 0 bridgehead atoms. The third-order valence-electron chi connectivity index (χ3n) is 1.96. The first-order valence-corrected chi connectivity index (χ1v) is 5.99. The van der Waals surface area contributed by atoms with Crippen molar-refractivity contribution in [1.82, 2.24) is 5.32 Å². The van der Waals surface area contributed by atoms with Crippen molar-refractivity contribution in [2.24, 2.45) is 0 Å². The fourth-order valence-corrected chi connectivity index (χ4v) is 1.94. The number of hydrogen-bond acceptors (Lipinski definition) is 3. The zero-order valence-electron chi connectivity index (χ0n) is 9.36. The lowest BCUT2D eigenvalue weighted by atomic mass is 10.1. The summed E-state index contributed by atoms with van der Waals surface area (Å²) in [4.78, 5) is 23.1. The van der Waals surface area contributed by atoms with Gasteiger partial charge in [0, 0.05) is 11.0 Å². The van der Waals surface area contributed by atoms with Gasteiger partial charge in [0.15, 0.2) is 0 Å². The SMILES string of the molecule is CC(C)(NC(=O)/C=C/c1ccc(Cl)s1)C(=O)O. The number of nitrogens with one attached hydrogen (secondary N) is 1. The van der Waals surface area contributed by atoms with Crippen LogP contribution in [0.15, 0.2) is 18.2 Å². The van der Waals surface area contributed by atoms with E-state index in [9.17, 15) is 9.59 Å². The number of carboxylic acids is 1. The summed E-state index contributed by atoms with van der Waals surface area (Å²) in [5.41, 5.74) is -1.28. The molecule has 1 rings (SSSR count).